The first kappa shape index (κ1) is 26.4. The molecule has 0 aliphatic heterocycles. The number of aromatic nitrogens is 2. The Labute approximate surface area is 222 Å². The first-order valence-electron chi connectivity index (χ1n) is 12.5. The maximum atomic E-state index is 13.1. The summed E-state index contributed by atoms with van der Waals surface area (Å²) in [5.41, 5.74) is 5.55. The summed E-state index contributed by atoms with van der Waals surface area (Å²) in [7, 11) is 0. The van der Waals surface area contributed by atoms with Crippen LogP contribution in [-0.4, -0.2) is 39.9 Å². The fourth-order valence-electron chi connectivity index (χ4n) is 4.21. The van der Waals surface area contributed by atoms with Gasteiger partial charge in [0.25, 0.3) is 5.91 Å². The van der Waals surface area contributed by atoms with Gasteiger partial charge in [-0.15, -0.1) is 0 Å². The third kappa shape index (κ3) is 6.37. The Morgan fingerprint density at radius 2 is 1.89 bits per heavy atom. The highest BCUT2D eigenvalue weighted by atomic mass is 16.5. The summed E-state index contributed by atoms with van der Waals surface area (Å²) in [6.45, 7) is 7.50. The Balaban J connectivity index is 1.49. The van der Waals surface area contributed by atoms with Gasteiger partial charge in [-0.2, -0.15) is 5.26 Å². The molecule has 38 heavy (non-hydrogen) atoms. The summed E-state index contributed by atoms with van der Waals surface area (Å²) >= 11 is 0. The fraction of sp³-hybridized carbons (Fsp3) is 0.267. The van der Waals surface area contributed by atoms with E-state index in [1.165, 1.54) is 13.0 Å². The molecule has 2 aromatic heterocycles. The van der Waals surface area contributed by atoms with Crippen LogP contribution in [0.3, 0.4) is 0 Å². The predicted octanol–water partition coefficient (Wildman–Crippen LogP) is 4.45. The van der Waals surface area contributed by atoms with Gasteiger partial charge >= 0.3 is 0 Å². The van der Waals surface area contributed by atoms with E-state index in [-0.39, 0.29) is 30.5 Å². The Hall–Kier alpha value is -4.64. The number of aryl methyl sites for hydroxylation is 1. The molecule has 2 amide bonds. The molecule has 0 radical (unpaired) electrons. The highest BCUT2D eigenvalue weighted by Gasteiger charge is 2.17. The Kier molecular flexibility index (Phi) is 8.07. The minimum atomic E-state index is -0.354. The molecule has 4 rings (SSSR count). The largest absolute Gasteiger partial charge is 0.490 e. The number of hydrogen-bond donors (Lipinski definition) is 2. The van der Waals surface area contributed by atoms with Crippen LogP contribution in [-0.2, 0) is 11.2 Å². The molecule has 0 fully saturated rings. The number of fused-ring (bicyclic) bond motifs is 1. The van der Waals surface area contributed by atoms with Gasteiger partial charge in [-0.05, 0) is 62.6 Å². The Bertz CT molecular complexity index is 1500. The fourth-order valence-corrected chi connectivity index (χ4v) is 4.21. The Morgan fingerprint density at radius 1 is 1.13 bits per heavy atom. The highest BCUT2D eigenvalue weighted by Crippen LogP contribution is 2.23. The van der Waals surface area contributed by atoms with Crippen molar-refractivity contribution in [3.8, 4) is 23.1 Å². The molecular formula is C30H31N5O3. The molecule has 0 unspecified atom stereocenters. The smallest absolute Gasteiger partial charge is 0.251 e. The summed E-state index contributed by atoms with van der Waals surface area (Å²) < 4.78 is 7.66. The number of benzene rings is 2. The molecule has 2 aromatic carbocycles. The van der Waals surface area contributed by atoms with Crippen LogP contribution in [0.25, 0.3) is 16.9 Å². The average molecular weight is 510 g/mol. The van der Waals surface area contributed by atoms with Gasteiger partial charge < -0.3 is 19.8 Å². The number of ether oxygens (including phenoxy) is 1. The molecule has 0 bridgehead atoms. The topological polar surface area (TPSA) is 109 Å². The van der Waals surface area contributed by atoms with E-state index in [9.17, 15) is 14.9 Å². The second-order valence-electron chi connectivity index (χ2n) is 9.55. The average Bonchev–Trinajstić information content (AvgIpc) is 3.33. The molecule has 1 atom stereocenters. The molecule has 0 saturated carbocycles. The molecular weight excluding hydrogens is 478 g/mol. The van der Waals surface area contributed by atoms with Crippen LogP contribution in [0.4, 0.5) is 0 Å². The van der Waals surface area contributed by atoms with Gasteiger partial charge in [0.1, 0.15) is 17.5 Å². The van der Waals surface area contributed by atoms with Crippen molar-refractivity contribution in [1.82, 2.24) is 20.0 Å². The van der Waals surface area contributed by atoms with E-state index in [2.05, 4.69) is 16.7 Å². The summed E-state index contributed by atoms with van der Waals surface area (Å²) in [6.07, 6.45) is 4.40. The van der Waals surface area contributed by atoms with Gasteiger partial charge in [-0.25, -0.2) is 4.98 Å². The van der Waals surface area contributed by atoms with Crippen LogP contribution in [0.2, 0.25) is 0 Å². The van der Waals surface area contributed by atoms with Crippen LogP contribution in [0.5, 0.6) is 5.75 Å². The van der Waals surface area contributed by atoms with Crippen LogP contribution < -0.4 is 15.4 Å². The van der Waals surface area contributed by atoms with Gasteiger partial charge in [0, 0.05) is 37.0 Å². The summed E-state index contributed by atoms with van der Waals surface area (Å²) in [4.78, 5) is 29.4. The van der Waals surface area contributed by atoms with Gasteiger partial charge in [0.2, 0.25) is 5.91 Å². The van der Waals surface area contributed by atoms with Crippen molar-refractivity contribution in [2.45, 2.75) is 46.3 Å². The molecule has 8 heteroatoms. The number of nitrogens with zero attached hydrogens (tertiary/aromatic N) is 3. The molecule has 4 aromatic rings. The van der Waals surface area contributed by atoms with Crippen molar-refractivity contribution in [1.29, 1.82) is 5.26 Å². The van der Waals surface area contributed by atoms with E-state index in [0.717, 1.165) is 28.0 Å². The summed E-state index contributed by atoms with van der Waals surface area (Å²) in [5, 5.41) is 15.3. The standard InChI is InChI=1S/C30H31N5O3/c1-19(2)38-28-12-11-24(15-25(28)16-31)30(37)33-26(17-32-21(4)36)14-22-7-9-23(10-8-22)27-18-35-13-5-6-20(3)29(35)34-27/h5-13,15,18-19,26H,14,17H2,1-4H3,(H,32,36)(H,33,37)/t26-/m0/s1. The van der Waals surface area contributed by atoms with Crippen molar-refractivity contribution >= 4 is 17.5 Å². The third-order valence-electron chi connectivity index (χ3n) is 6.07. The molecule has 0 spiro atoms. The molecule has 2 heterocycles. The van der Waals surface area contributed by atoms with Gasteiger partial charge in [0.05, 0.1) is 23.4 Å². The zero-order valence-corrected chi connectivity index (χ0v) is 22.0. The predicted molar refractivity (Wildman–Crippen MR) is 146 cm³/mol. The first-order valence-corrected chi connectivity index (χ1v) is 12.5. The van der Waals surface area contributed by atoms with Crippen molar-refractivity contribution in [3.63, 3.8) is 0 Å². The minimum absolute atomic E-state index is 0.0907. The van der Waals surface area contributed by atoms with Crippen LogP contribution in [0.15, 0.2) is 67.0 Å². The lowest BCUT2D eigenvalue weighted by atomic mass is 10.0. The zero-order chi connectivity index (χ0) is 27.2. The van der Waals surface area contributed by atoms with Crippen LogP contribution in [0, 0.1) is 18.3 Å². The third-order valence-corrected chi connectivity index (χ3v) is 6.07. The van der Waals surface area contributed by atoms with E-state index in [1.54, 1.807) is 12.1 Å². The zero-order valence-electron chi connectivity index (χ0n) is 22.0. The van der Waals surface area contributed by atoms with E-state index >= 15 is 0 Å². The van der Waals surface area contributed by atoms with E-state index < -0.39 is 0 Å². The molecule has 0 saturated heterocycles. The van der Waals surface area contributed by atoms with Crippen molar-refractivity contribution in [2.75, 3.05) is 6.54 Å². The maximum Gasteiger partial charge on any atom is 0.251 e. The van der Waals surface area contributed by atoms with Gasteiger partial charge in [-0.1, -0.05) is 30.3 Å². The number of rotatable bonds is 9. The molecule has 0 aliphatic carbocycles. The van der Waals surface area contributed by atoms with Crippen molar-refractivity contribution in [2.24, 2.45) is 0 Å². The van der Waals surface area contributed by atoms with Gasteiger partial charge in [-0.3, -0.25) is 9.59 Å². The second-order valence-corrected chi connectivity index (χ2v) is 9.55. The molecule has 0 aliphatic rings. The maximum absolute atomic E-state index is 13.1. The summed E-state index contributed by atoms with van der Waals surface area (Å²) in [6, 6.07) is 18.6. The number of nitriles is 1. The lowest BCUT2D eigenvalue weighted by Gasteiger charge is -2.20. The lowest BCUT2D eigenvalue weighted by Crippen LogP contribution is -2.44. The molecule has 8 nitrogen and oxygen atoms in total. The van der Waals surface area contributed by atoms with Crippen LogP contribution >= 0.6 is 0 Å². The SMILES string of the molecule is CC(=O)NC[C@H](Cc1ccc(-c2cn3cccc(C)c3n2)cc1)NC(=O)c1ccc(OC(C)C)c(C#N)c1. The second kappa shape index (κ2) is 11.6. The number of imidazole rings is 1. The van der Waals surface area contributed by atoms with E-state index in [0.29, 0.717) is 23.3 Å². The quantitative estimate of drug-likeness (QED) is 0.347. The number of carbonyl (C=O) groups is 2. The first-order chi connectivity index (χ1) is 18.2. The number of hydrogen-bond acceptors (Lipinski definition) is 5. The van der Waals surface area contributed by atoms with E-state index in [1.807, 2.05) is 74.0 Å². The number of nitrogens with one attached hydrogen (secondary N) is 2. The number of amides is 2. The lowest BCUT2D eigenvalue weighted by molar-refractivity contribution is -0.119. The monoisotopic (exact) mass is 509 g/mol. The van der Waals surface area contributed by atoms with Crippen molar-refractivity contribution < 1.29 is 14.3 Å². The summed E-state index contributed by atoms with van der Waals surface area (Å²) in [5.74, 6) is -0.0666. The molecule has 194 valence electrons. The van der Waals surface area contributed by atoms with E-state index in [4.69, 9.17) is 9.72 Å². The highest BCUT2D eigenvalue weighted by molar-refractivity contribution is 5.95. The number of pyridine rings is 1. The molecule has 2 N–H and O–H groups in total. The van der Waals surface area contributed by atoms with Crippen molar-refractivity contribution in [3.05, 3.63) is 89.2 Å². The van der Waals surface area contributed by atoms with Gasteiger partial charge in [0.15, 0.2) is 0 Å². The normalized spacial score (nSPS) is 11.7. The number of carbonyl (C=O) groups excluding carboxylic acids is 2. The van der Waals surface area contributed by atoms with Crippen LogP contribution in [0.1, 0.15) is 47.8 Å². The Morgan fingerprint density at radius 3 is 2.55 bits per heavy atom. The minimum Gasteiger partial charge on any atom is -0.490 e.